The molecule has 1 atom stereocenters. The molecular formula is C24H25F3N4O5S. The average Bonchev–Trinajstić information content (AvgIpc) is 2.85. The third-order valence-corrected chi connectivity index (χ3v) is 7.32. The Morgan fingerprint density at radius 2 is 1.76 bits per heavy atom. The number of ether oxygens (including phenoxy) is 1. The van der Waals surface area contributed by atoms with Gasteiger partial charge >= 0.3 is 6.18 Å². The number of amides is 1. The summed E-state index contributed by atoms with van der Waals surface area (Å²) in [7, 11) is -2.11. The summed E-state index contributed by atoms with van der Waals surface area (Å²) in [5.74, 6) is -0.978. The van der Waals surface area contributed by atoms with Crippen molar-refractivity contribution < 1.29 is 31.1 Å². The van der Waals surface area contributed by atoms with Crippen LogP contribution in [-0.4, -0.2) is 73.5 Å². The number of carbonyl (C=O) groups excluding carboxylic acids is 1. The van der Waals surface area contributed by atoms with E-state index in [0.29, 0.717) is 24.0 Å². The minimum Gasteiger partial charge on any atom is -0.480 e. The minimum absolute atomic E-state index is 0.188. The molecule has 2 heterocycles. The smallest absolute Gasteiger partial charge is 0.425 e. The van der Waals surface area contributed by atoms with Crippen LogP contribution in [0.4, 0.5) is 18.9 Å². The first kappa shape index (κ1) is 26.5. The second-order valence-corrected chi connectivity index (χ2v) is 10.9. The van der Waals surface area contributed by atoms with Gasteiger partial charge in [-0.15, -0.1) is 0 Å². The number of fused-ring (bicyclic) bond motifs is 1. The van der Waals surface area contributed by atoms with E-state index in [1.165, 1.54) is 15.8 Å². The zero-order valence-corrected chi connectivity index (χ0v) is 21.1. The first-order valence-corrected chi connectivity index (χ1v) is 13.2. The highest BCUT2D eigenvalue weighted by molar-refractivity contribution is 7.90. The van der Waals surface area contributed by atoms with Gasteiger partial charge in [0.05, 0.1) is 27.7 Å². The average molecular weight is 539 g/mol. The van der Waals surface area contributed by atoms with Crippen LogP contribution >= 0.6 is 0 Å². The molecule has 1 amide bonds. The molecule has 37 heavy (non-hydrogen) atoms. The van der Waals surface area contributed by atoms with Crippen LogP contribution in [0.3, 0.4) is 0 Å². The van der Waals surface area contributed by atoms with Crippen molar-refractivity contribution >= 4 is 32.3 Å². The predicted molar refractivity (Wildman–Crippen MR) is 131 cm³/mol. The summed E-state index contributed by atoms with van der Waals surface area (Å²) in [5.41, 5.74) is 0.888. The number of nitrogens with zero attached hydrogens (tertiary/aromatic N) is 4. The van der Waals surface area contributed by atoms with Crippen LogP contribution in [0.2, 0.25) is 0 Å². The molecule has 9 nitrogen and oxygen atoms in total. The summed E-state index contributed by atoms with van der Waals surface area (Å²) in [4.78, 5) is 33.2. The van der Waals surface area contributed by atoms with Crippen LogP contribution in [0.15, 0.2) is 52.4 Å². The van der Waals surface area contributed by atoms with Crippen LogP contribution in [0.5, 0.6) is 5.75 Å². The number of hydrogen-bond acceptors (Lipinski definition) is 7. The number of anilines is 1. The molecule has 1 saturated heterocycles. The number of carbonyl (C=O) groups is 1. The third-order valence-electron chi connectivity index (χ3n) is 6.21. The number of halogens is 3. The second-order valence-electron chi connectivity index (χ2n) is 8.87. The summed E-state index contributed by atoms with van der Waals surface area (Å²) in [6.45, 7) is 2.03. The SMILES string of the molecule is C[C@H](Oc1ccc(S(C)(=O)=O)cc1C(=O)N1CCN(c2ccc3ncn(C)c(=O)c3c2)CC1)C(F)(F)F. The summed E-state index contributed by atoms with van der Waals surface area (Å²) in [6, 6.07) is 8.54. The number of benzene rings is 2. The van der Waals surface area contributed by atoms with Gasteiger partial charge in [-0.2, -0.15) is 13.2 Å². The predicted octanol–water partition coefficient (Wildman–Crippen LogP) is 2.63. The molecule has 1 aliphatic rings. The van der Waals surface area contributed by atoms with Crippen LogP contribution in [-0.2, 0) is 16.9 Å². The Labute approximate surface area is 211 Å². The molecule has 1 aliphatic heterocycles. The van der Waals surface area contributed by atoms with Crippen molar-refractivity contribution in [3.63, 3.8) is 0 Å². The molecule has 3 aromatic rings. The van der Waals surface area contributed by atoms with E-state index in [4.69, 9.17) is 4.74 Å². The Hall–Kier alpha value is -3.61. The summed E-state index contributed by atoms with van der Waals surface area (Å²) >= 11 is 0. The van der Waals surface area contributed by atoms with E-state index in [2.05, 4.69) is 4.98 Å². The van der Waals surface area contributed by atoms with Crippen LogP contribution in [0.25, 0.3) is 10.9 Å². The zero-order valence-electron chi connectivity index (χ0n) is 20.3. The molecule has 198 valence electrons. The maximum absolute atomic E-state index is 13.3. The van der Waals surface area contributed by atoms with Gasteiger partial charge < -0.3 is 19.1 Å². The number of sulfone groups is 1. The summed E-state index contributed by atoms with van der Waals surface area (Å²) in [6.07, 6.45) is -4.48. The highest BCUT2D eigenvalue weighted by Gasteiger charge is 2.39. The molecule has 0 saturated carbocycles. The lowest BCUT2D eigenvalue weighted by molar-refractivity contribution is -0.189. The maximum Gasteiger partial charge on any atom is 0.425 e. The molecule has 4 rings (SSSR count). The van der Waals surface area contributed by atoms with Gasteiger partial charge in [0.2, 0.25) is 0 Å². The summed E-state index contributed by atoms with van der Waals surface area (Å²) < 4.78 is 69.8. The van der Waals surface area contributed by atoms with Gasteiger partial charge in [-0.1, -0.05) is 0 Å². The van der Waals surface area contributed by atoms with Gasteiger partial charge in [-0.25, -0.2) is 13.4 Å². The standard InChI is InChI=1S/C24H25F3N4O5S/c1-15(24(25,26)27)36-21-7-5-17(37(3,34)35)13-19(21)23(33)31-10-8-30(9-11-31)16-4-6-20-18(12-16)22(32)29(2)14-28-20/h4-7,12-15H,8-11H2,1-3H3/t15-/m0/s1. The molecule has 2 aromatic carbocycles. The van der Waals surface area contributed by atoms with E-state index in [0.717, 1.165) is 37.1 Å². The lowest BCUT2D eigenvalue weighted by atomic mass is 10.1. The highest BCUT2D eigenvalue weighted by Crippen LogP contribution is 2.30. The highest BCUT2D eigenvalue weighted by atomic mass is 32.2. The Morgan fingerprint density at radius 1 is 1.08 bits per heavy atom. The van der Waals surface area contributed by atoms with Gasteiger partial charge in [-0.05, 0) is 43.3 Å². The number of aryl methyl sites for hydroxylation is 1. The van der Waals surface area contributed by atoms with Crippen molar-refractivity contribution in [1.29, 1.82) is 0 Å². The zero-order chi connectivity index (χ0) is 27.1. The molecule has 1 fully saturated rings. The Bertz CT molecular complexity index is 1510. The van der Waals surface area contributed by atoms with E-state index in [9.17, 15) is 31.2 Å². The Balaban J connectivity index is 1.57. The largest absolute Gasteiger partial charge is 0.480 e. The number of hydrogen-bond donors (Lipinski definition) is 0. The molecule has 0 radical (unpaired) electrons. The van der Waals surface area contributed by atoms with Crippen molar-refractivity contribution in [2.45, 2.75) is 24.1 Å². The van der Waals surface area contributed by atoms with Crippen LogP contribution < -0.4 is 15.2 Å². The van der Waals surface area contributed by atoms with Gasteiger partial charge in [0, 0.05) is 45.2 Å². The monoisotopic (exact) mass is 538 g/mol. The van der Waals surface area contributed by atoms with Crippen LogP contribution in [0.1, 0.15) is 17.3 Å². The number of rotatable bonds is 5. The van der Waals surface area contributed by atoms with E-state index in [1.807, 2.05) is 11.0 Å². The van der Waals surface area contributed by atoms with E-state index in [1.54, 1.807) is 19.2 Å². The van der Waals surface area contributed by atoms with Crippen LogP contribution in [0, 0.1) is 0 Å². The number of piperazine rings is 1. The maximum atomic E-state index is 13.3. The van der Waals surface area contributed by atoms with Gasteiger partial charge in [-0.3, -0.25) is 9.59 Å². The van der Waals surface area contributed by atoms with E-state index < -0.39 is 28.0 Å². The molecule has 0 spiro atoms. The molecular weight excluding hydrogens is 513 g/mol. The molecule has 13 heteroatoms. The normalized spacial score (nSPS) is 15.6. The van der Waals surface area contributed by atoms with Crippen molar-refractivity contribution in [2.75, 3.05) is 37.3 Å². The quantitative estimate of drug-likeness (QED) is 0.492. The lowest BCUT2D eigenvalue weighted by Crippen LogP contribution is -2.49. The van der Waals surface area contributed by atoms with Gasteiger partial charge in [0.1, 0.15) is 5.75 Å². The van der Waals surface area contributed by atoms with Gasteiger partial charge in [0.15, 0.2) is 15.9 Å². The third kappa shape index (κ3) is 5.55. The topological polar surface area (TPSA) is 102 Å². The first-order chi connectivity index (χ1) is 17.3. The Kier molecular flexibility index (Phi) is 6.93. The molecule has 1 aromatic heterocycles. The lowest BCUT2D eigenvalue weighted by Gasteiger charge is -2.36. The van der Waals surface area contributed by atoms with E-state index >= 15 is 0 Å². The fraction of sp³-hybridized carbons (Fsp3) is 0.375. The fourth-order valence-corrected chi connectivity index (χ4v) is 4.65. The number of aromatic nitrogens is 2. The molecule has 0 bridgehead atoms. The van der Waals surface area contributed by atoms with Crippen molar-refractivity contribution in [2.24, 2.45) is 7.05 Å². The van der Waals surface area contributed by atoms with Crippen molar-refractivity contribution in [3.8, 4) is 5.75 Å². The summed E-state index contributed by atoms with van der Waals surface area (Å²) in [5, 5.41) is 0.458. The van der Waals surface area contributed by atoms with Crippen molar-refractivity contribution in [3.05, 3.63) is 58.6 Å². The first-order valence-electron chi connectivity index (χ1n) is 11.3. The Morgan fingerprint density at radius 3 is 2.38 bits per heavy atom. The second kappa shape index (κ2) is 9.69. The molecule has 0 aliphatic carbocycles. The molecule has 0 N–H and O–H groups in total. The molecule has 0 unspecified atom stereocenters. The van der Waals surface area contributed by atoms with Gasteiger partial charge in [0.25, 0.3) is 11.5 Å². The fourth-order valence-electron chi connectivity index (χ4n) is 4.00. The minimum atomic E-state index is -4.67. The number of alkyl halides is 3. The van der Waals surface area contributed by atoms with E-state index in [-0.39, 0.29) is 34.9 Å². The van der Waals surface area contributed by atoms with Crippen molar-refractivity contribution in [1.82, 2.24) is 14.5 Å².